The topological polar surface area (TPSA) is 45.5 Å². The van der Waals surface area contributed by atoms with Gasteiger partial charge in [0, 0.05) is 24.6 Å². The highest BCUT2D eigenvalue weighted by atomic mass is 16.5. The van der Waals surface area contributed by atoms with Gasteiger partial charge in [0.25, 0.3) is 0 Å². The molecule has 5 heteroatoms. The number of ether oxygens (including phenoxy) is 3. The van der Waals surface area contributed by atoms with E-state index in [0.29, 0.717) is 5.75 Å². The zero-order valence-electron chi connectivity index (χ0n) is 13.1. The molecule has 1 saturated heterocycles. The first-order chi connectivity index (χ1) is 10.8. The summed E-state index contributed by atoms with van der Waals surface area (Å²) in [4.78, 5) is 4.49. The first-order valence-electron chi connectivity index (χ1n) is 7.67. The van der Waals surface area contributed by atoms with Gasteiger partial charge in [0.1, 0.15) is 5.82 Å². The molecule has 118 valence electrons. The lowest BCUT2D eigenvalue weighted by Gasteiger charge is -2.23. The van der Waals surface area contributed by atoms with Crippen molar-refractivity contribution < 1.29 is 14.2 Å². The summed E-state index contributed by atoms with van der Waals surface area (Å²) in [6, 6.07) is 5.87. The Kier molecular flexibility index (Phi) is 4.63. The van der Waals surface area contributed by atoms with Crippen molar-refractivity contribution in [3.8, 4) is 22.9 Å². The smallest absolute Gasteiger partial charge is 0.161 e. The highest BCUT2D eigenvalue weighted by molar-refractivity contribution is 5.61. The van der Waals surface area contributed by atoms with Gasteiger partial charge in [0.05, 0.1) is 26.9 Å². The number of hydrogen-bond donors (Lipinski definition) is 0. The number of imidazole rings is 1. The van der Waals surface area contributed by atoms with Crippen LogP contribution in [0, 0.1) is 0 Å². The van der Waals surface area contributed by atoms with Gasteiger partial charge in [-0.05, 0) is 37.5 Å². The van der Waals surface area contributed by atoms with Crippen molar-refractivity contribution in [3.63, 3.8) is 0 Å². The summed E-state index contributed by atoms with van der Waals surface area (Å²) < 4.78 is 18.6. The molecule has 5 nitrogen and oxygen atoms in total. The molecule has 0 spiro atoms. The molecule has 1 atom stereocenters. The van der Waals surface area contributed by atoms with E-state index in [9.17, 15) is 0 Å². The average Bonchev–Trinajstić information content (AvgIpc) is 3.03. The van der Waals surface area contributed by atoms with Crippen LogP contribution >= 0.6 is 0 Å². The number of methoxy groups -OCH3 is 2. The molecule has 0 radical (unpaired) electrons. The molecule has 2 aromatic rings. The van der Waals surface area contributed by atoms with Crippen LogP contribution in [0.15, 0.2) is 30.6 Å². The zero-order valence-corrected chi connectivity index (χ0v) is 13.1. The molecule has 0 N–H and O–H groups in total. The van der Waals surface area contributed by atoms with E-state index < -0.39 is 0 Å². The lowest BCUT2D eigenvalue weighted by molar-refractivity contribution is 0.00624. The van der Waals surface area contributed by atoms with Crippen LogP contribution in [0.2, 0.25) is 0 Å². The molecule has 3 rings (SSSR count). The lowest BCUT2D eigenvalue weighted by Crippen LogP contribution is -2.24. The molecule has 0 aliphatic carbocycles. The summed E-state index contributed by atoms with van der Waals surface area (Å²) in [6.07, 6.45) is 7.64. The fourth-order valence-electron chi connectivity index (χ4n) is 2.86. The Bertz CT molecular complexity index is 618. The third-order valence-corrected chi connectivity index (χ3v) is 4.03. The molecular weight excluding hydrogens is 280 g/mol. The van der Waals surface area contributed by atoms with E-state index in [2.05, 4.69) is 9.55 Å². The Balaban J connectivity index is 1.84. The summed E-state index contributed by atoms with van der Waals surface area (Å²) in [5.41, 5.74) is 1.01. The standard InChI is InChI=1S/C17H22N2O3/c1-20-15-7-6-13(11-16(15)21-2)17-18-8-9-19(17)12-14-5-3-4-10-22-14/h6-9,11,14H,3-5,10,12H2,1-2H3/t14-/m1/s1. The van der Waals surface area contributed by atoms with Crippen molar-refractivity contribution >= 4 is 0 Å². The average molecular weight is 302 g/mol. The molecule has 2 heterocycles. The molecule has 22 heavy (non-hydrogen) atoms. The van der Waals surface area contributed by atoms with Crippen LogP contribution in [0.3, 0.4) is 0 Å². The molecule has 1 aliphatic rings. The lowest BCUT2D eigenvalue weighted by atomic mass is 10.1. The first-order valence-corrected chi connectivity index (χ1v) is 7.67. The van der Waals surface area contributed by atoms with Gasteiger partial charge in [-0.25, -0.2) is 4.98 Å². The zero-order chi connectivity index (χ0) is 15.4. The van der Waals surface area contributed by atoms with Crippen LogP contribution in [-0.2, 0) is 11.3 Å². The second-order valence-corrected chi connectivity index (χ2v) is 5.46. The van der Waals surface area contributed by atoms with Crippen molar-refractivity contribution in [2.75, 3.05) is 20.8 Å². The molecule has 0 unspecified atom stereocenters. The summed E-state index contributed by atoms with van der Waals surface area (Å²) in [6.45, 7) is 1.70. The van der Waals surface area contributed by atoms with Gasteiger partial charge in [0.2, 0.25) is 0 Å². The Hall–Kier alpha value is -2.01. The van der Waals surface area contributed by atoms with Crippen LogP contribution < -0.4 is 9.47 Å². The van der Waals surface area contributed by atoms with Gasteiger partial charge in [-0.3, -0.25) is 0 Å². The largest absolute Gasteiger partial charge is 0.493 e. The Morgan fingerprint density at radius 2 is 2.09 bits per heavy atom. The summed E-state index contributed by atoms with van der Waals surface area (Å²) >= 11 is 0. The molecule has 1 aromatic heterocycles. The van der Waals surface area contributed by atoms with Crippen molar-refractivity contribution in [3.05, 3.63) is 30.6 Å². The molecule has 0 amide bonds. The van der Waals surface area contributed by atoms with Gasteiger partial charge in [-0.2, -0.15) is 0 Å². The monoisotopic (exact) mass is 302 g/mol. The van der Waals surface area contributed by atoms with E-state index in [-0.39, 0.29) is 6.10 Å². The Labute approximate surface area is 130 Å². The van der Waals surface area contributed by atoms with E-state index >= 15 is 0 Å². The minimum Gasteiger partial charge on any atom is -0.493 e. The normalized spacial score (nSPS) is 18.2. The second kappa shape index (κ2) is 6.83. The first kappa shape index (κ1) is 14.9. The number of rotatable bonds is 5. The summed E-state index contributed by atoms with van der Waals surface area (Å²) in [5, 5.41) is 0. The SMILES string of the molecule is COc1ccc(-c2nccn2C[C@H]2CCCCO2)cc1OC. The highest BCUT2D eigenvalue weighted by Crippen LogP contribution is 2.32. The van der Waals surface area contributed by atoms with Crippen LogP contribution in [0.25, 0.3) is 11.4 Å². The van der Waals surface area contributed by atoms with Crippen LogP contribution in [0.4, 0.5) is 0 Å². The summed E-state index contributed by atoms with van der Waals surface area (Å²) in [7, 11) is 3.28. The number of benzene rings is 1. The molecule has 1 aromatic carbocycles. The van der Waals surface area contributed by atoms with Crippen molar-refractivity contribution in [2.45, 2.75) is 31.9 Å². The third kappa shape index (κ3) is 3.09. The number of hydrogen-bond acceptors (Lipinski definition) is 4. The minimum absolute atomic E-state index is 0.279. The van der Waals surface area contributed by atoms with Crippen LogP contribution in [0.5, 0.6) is 11.5 Å². The number of aromatic nitrogens is 2. The van der Waals surface area contributed by atoms with Crippen LogP contribution in [-0.4, -0.2) is 36.5 Å². The highest BCUT2D eigenvalue weighted by Gasteiger charge is 2.17. The number of nitrogens with zero attached hydrogens (tertiary/aromatic N) is 2. The van der Waals surface area contributed by atoms with Crippen molar-refractivity contribution in [1.82, 2.24) is 9.55 Å². The Morgan fingerprint density at radius 3 is 2.82 bits per heavy atom. The van der Waals surface area contributed by atoms with E-state index in [1.807, 2.05) is 30.6 Å². The second-order valence-electron chi connectivity index (χ2n) is 5.46. The predicted molar refractivity (Wildman–Crippen MR) is 84.4 cm³/mol. The quantitative estimate of drug-likeness (QED) is 0.851. The van der Waals surface area contributed by atoms with Crippen molar-refractivity contribution in [2.24, 2.45) is 0 Å². The molecule has 0 saturated carbocycles. The van der Waals surface area contributed by atoms with E-state index in [0.717, 1.165) is 36.7 Å². The fraction of sp³-hybridized carbons (Fsp3) is 0.471. The molecule has 1 aliphatic heterocycles. The van der Waals surface area contributed by atoms with E-state index in [1.54, 1.807) is 14.2 Å². The van der Waals surface area contributed by atoms with E-state index in [1.165, 1.54) is 12.8 Å². The van der Waals surface area contributed by atoms with Crippen LogP contribution in [0.1, 0.15) is 19.3 Å². The Morgan fingerprint density at radius 1 is 1.23 bits per heavy atom. The maximum atomic E-state index is 5.83. The van der Waals surface area contributed by atoms with Gasteiger partial charge in [-0.15, -0.1) is 0 Å². The molecule has 1 fully saturated rings. The van der Waals surface area contributed by atoms with Gasteiger partial charge < -0.3 is 18.8 Å². The van der Waals surface area contributed by atoms with E-state index in [4.69, 9.17) is 14.2 Å². The maximum absolute atomic E-state index is 5.83. The molecule has 0 bridgehead atoms. The third-order valence-electron chi connectivity index (χ3n) is 4.03. The minimum atomic E-state index is 0.279. The van der Waals surface area contributed by atoms with Crippen molar-refractivity contribution in [1.29, 1.82) is 0 Å². The maximum Gasteiger partial charge on any atom is 0.161 e. The summed E-state index contributed by atoms with van der Waals surface area (Å²) in [5.74, 6) is 2.36. The van der Waals surface area contributed by atoms with Gasteiger partial charge in [0.15, 0.2) is 11.5 Å². The van der Waals surface area contributed by atoms with Gasteiger partial charge >= 0.3 is 0 Å². The van der Waals surface area contributed by atoms with Gasteiger partial charge in [-0.1, -0.05) is 0 Å². The molecular formula is C17H22N2O3. The predicted octanol–water partition coefficient (Wildman–Crippen LogP) is 3.14. The fourth-order valence-corrected chi connectivity index (χ4v) is 2.86.